The molecule has 0 bridgehead atoms. The van der Waals surface area contributed by atoms with Gasteiger partial charge in [0.2, 0.25) is 5.91 Å². The summed E-state index contributed by atoms with van der Waals surface area (Å²) in [6.45, 7) is 5.02. The van der Waals surface area contributed by atoms with Gasteiger partial charge in [-0.15, -0.1) is 10.2 Å². The summed E-state index contributed by atoms with van der Waals surface area (Å²) < 4.78 is 10.8. The van der Waals surface area contributed by atoms with Gasteiger partial charge >= 0.3 is 0 Å². The van der Waals surface area contributed by atoms with Gasteiger partial charge in [0, 0.05) is 11.3 Å². The van der Waals surface area contributed by atoms with Gasteiger partial charge in [0.05, 0.1) is 17.1 Å². The van der Waals surface area contributed by atoms with Crippen molar-refractivity contribution >= 4 is 29.1 Å². The highest BCUT2D eigenvalue weighted by Crippen LogP contribution is 2.28. The van der Waals surface area contributed by atoms with Crippen molar-refractivity contribution in [2.24, 2.45) is 0 Å². The van der Waals surface area contributed by atoms with Crippen molar-refractivity contribution in [2.75, 3.05) is 5.32 Å². The van der Waals surface area contributed by atoms with E-state index in [0.717, 1.165) is 17.3 Å². The van der Waals surface area contributed by atoms with Crippen LogP contribution in [0.15, 0.2) is 50.7 Å². The first kappa shape index (κ1) is 17.9. The number of anilines is 1. The topological polar surface area (TPSA) is 98.2 Å². The van der Waals surface area contributed by atoms with Crippen LogP contribution in [0.1, 0.15) is 30.0 Å². The van der Waals surface area contributed by atoms with Crippen molar-refractivity contribution in [3.8, 4) is 11.5 Å². The Bertz CT molecular complexity index is 947. The summed E-state index contributed by atoms with van der Waals surface area (Å²) in [5.74, 6) is 0.744. The first-order chi connectivity index (χ1) is 12.4. The van der Waals surface area contributed by atoms with E-state index in [2.05, 4.69) is 15.5 Å². The second kappa shape index (κ2) is 7.57. The van der Waals surface area contributed by atoms with E-state index in [1.54, 1.807) is 50.4 Å². The van der Waals surface area contributed by atoms with Crippen LogP contribution >= 0.6 is 11.8 Å². The maximum atomic E-state index is 12.4. The number of carbonyl (C=O) groups is 2. The Morgan fingerprint density at radius 1 is 1.23 bits per heavy atom. The van der Waals surface area contributed by atoms with Gasteiger partial charge in [-0.2, -0.15) is 0 Å². The number of nitrogens with one attached hydrogen (secondary N) is 1. The van der Waals surface area contributed by atoms with Crippen LogP contribution in [0.5, 0.6) is 0 Å². The molecule has 0 spiro atoms. The third kappa shape index (κ3) is 4.02. The fraction of sp³-hybridized carbons (Fsp3) is 0.222. The van der Waals surface area contributed by atoms with Crippen LogP contribution in [0.2, 0.25) is 0 Å². The van der Waals surface area contributed by atoms with Crippen molar-refractivity contribution in [3.05, 3.63) is 47.9 Å². The minimum absolute atomic E-state index is 0.0588. The fourth-order valence-electron chi connectivity index (χ4n) is 2.24. The van der Waals surface area contributed by atoms with E-state index >= 15 is 0 Å². The van der Waals surface area contributed by atoms with Gasteiger partial charge in [0.25, 0.3) is 11.1 Å². The molecule has 1 atom stereocenters. The van der Waals surface area contributed by atoms with E-state index in [9.17, 15) is 9.59 Å². The molecule has 0 radical (unpaired) electrons. The van der Waals surface area contributed by atoms with E-state index in [-0.39, 0.29) is 11.7 Å². The number of aromatic nitrogens is 2. The number of carbonyl (C=O) groups excluding carboxylic acids is 2. The number of ketones is 1. The minimum atomic E-state index is -0.463. The normalized spacial score (nSPS) is 12.0. The monoisotopic (exact) mass is 371 g/mol. The summed E-state index contributed by atoms with van der Waals surface area (Å²) >= 11 is 1.16. The molecule has 2 aromatic heterocycles. The van der Waals surface area contributed by atoms with E-state index in [1.807, 2.05) is 0 Å². The van der Waals surface area contributed by atoms with Crippen LogP contribution in [0, 0.1) is 6.92 Å². The summed E-state index contributed by atoms with van der Waals surface area (Å²) in [7, 11) is 0. The Morgan fingerprint density at radius 2 is 2.04 bits per heavy atom. The molecule has 0 unspecified atom stereocenters. The highest BCUT2D eigenvalue weighted by molar-refractivity contribution is 8.00. The first-order valence-corrected chi connectivity index (χ1v) is 8.78. The Balaban J connectivity index is 1.65. The van der Waals surface area contributed by atoms with E-state index in [1.165, 1.54) is 6.92 Å². The van der Waals surface area contributed by atoms with Crippen molar-refractivity contribution in [2.45, 2.75) is 31.2 Å². The summed E-state index contributed by atoms with van der Waals surface area (Å²) in [5.41, 5.74) is 1.83. The number of amides is 1. The predicted octanol–water partition coefficient (Wildman–Crippen LogP) is 3.96. The predicted molar refractivity (Wildman–Crippen MR) is 97.1 cm³/mol. The maximum absolute atomic E-state index is 12.4. The molecule has 0 aliphatic heterocycles. The molecule has 0 saturated carbocycles. The second-order valence-corrected chi connectivity index (χ2v) is 6.94. The lowest BCUT2D eigenvalue weighted by atomic mass is 10.1. The van der Waals surface area contributed by atoms with Gasteiger partial charge in [-0.05, 0) is 39.0 Å². The van der Waals surface area contributed by atoms with E-state index in [4.69, 9.17) is 8.83 Å². The molecule has 0 aliphatic rings. The number of nitrogens with zero attached hydrogens (tertiary/aromatic N) is 2. The summed E-state index contributed by atoms with van der Waals surface area (Å²) in [6.07, 6.45) is 1.55. The molecule has 1 N–H and O–H groups in total. The molecular formula is C18H17N3O4S. The van der Waals surface area contributed by atoms with Gasteiger partial charge in [0.15, 0.2) is 5.78 Å². The van der Waals surface area contributed by atoms with Crippen LogP contribution in [0.25, 0.3) is 11.5 Å². The Kier molecular flexibility index (Phi) is 5.22. The van der Waals surface area contributed by atoms with E-state index in [0.29, 0.717) is 28.1 Å². The molecule has 0 saturated heterocycles. The summed E-state index contributed by atoms with van der Waals surface area (Å²) in [5, 5.41) is 10.6. The third-order valence-electron chi connectivity index (χ3n) is 3.68. The number of Topliss-reactive ketones (excluding diaryl/α,β-unsaturated/α-hetero) is 1. The summed E-state index contributed by atoms with van der Waals surface area (Å²) in [4.78, 5) is 23.8. The van der Waals surface area contributed by atoms with Crippen molar-refractivity contribution in [1.29, 1.82) is 0 Å². The Hall–Kier alpha value is -2.87. The highest BCUT2D eigenvalue weighted by atomic mass is 32.2. The molecule has 7 nitrogen and oxygen atoms in total. The van der Waals surface area contributed by atoms with Crippen LogP contribution in [0.4, 0.5) is 5.69 Å². The molecule has 26 heavy (non-hydrogen) atoms. The number of furan rings is 1. The number of rotatable bonds is 6. The number of hydrogen-bond donors (Lipinski definition) is 1. The highest BCUT2D eigenvalue weighted by Gasteiger charge is 2.20. The molecule has 3 rings (SSSR count). The van der Waals surface area contributed by atoms with Gasteiger partial charge in [-0.25, -0.2) is 0 Å². The molecule has 0 aliphatic carbocycles. The molecule has 8 heteroatoms. The third-order valence-corrected chi connectivity index (χ3v) is 4.61. The van der Waals surface area contributed by atoms with Crippen LogP contribution in [-0.2, 0) is 4.79 Å². The zero-order valence-electron chi connectivity index (χ0n) is 14.5. The second-order valence-electron chi connectivity index (χ2n) is 5.65. The molecule has 0 fully saturated rings. The lowest BCUT2D eigenvalue weighted by molar-refractivity contribution is -0.115. The van der Waals surface area contributed by atoms with Crippen molar-refractivity contribution < 1.29 is 18.4 Å². The van der Waals surface area contributed by atoms with E-state index < -0.39 is 5.25 Å². The molecule has 134 valence electrons. The standard InChI is InChI=1S/C18H17N3O4S/c1-10(22)13-5-4-6-14(9-13)19-16(23)12(3)26-18-21-20-17(25-18)15-7-8-24-11(15)2/h4-9,12H,1-3H3,(H,19,23)/t12-/m0/s1. The molecular weight excluding hydrogens is 354 g/mol. The van der Waals surface area contributed by atoms with Crippen molar-refractivity contribution in [3.63, 3.8) is 0 Å². The fourth-order valence-corrected chi connectivity index (χ4v) is 2.92. The van der Waals surface area contributed by atoms with Crippen LogP contribution < -0.4 is 5.32 Å². The lowest BCUT2D eigenvalue weighted by Crippen LogP contribution is -2.22. The minimum Gasteiger partial charge on any atom is -0.469 e. The first-order valence-electron chi connectivity index (χ1n) is 7.90. The van der Waals surface area contributed by atoms with Crippen molar-refractivity contribution in [1.82, 2.24) is 10.2 Å². The van der Waals surface area contributed by atoms with Gasteiger partial charge in [-0.3, -0.25) is 9.59 Å². The lowest BCUT2D eigenvalue weighted by Gasteiger charge is -2.10. The largest absolute Gasteiger partial charge is 0.469 e. The number of benzene rings is 1. The van der Waals surface area contributed by atoms with Gasteiger partial charge in [0.1, 0.15) is 5.76 Å². The average Bonchev–Trinajstić information content (AvgIpc) is 3.23. The van der Waals surface area contributed by atoms with Gasteiger partial charge < -0.3 is 14.2 Å². The molecule has 1 amide bonds. The zero-order chi connectivity index (χ0) is 18.7. The van der Waals surface area contributed by atoms with Gasteiger partial charge in [-0.1, -0.05) is 23.9 Å². The average molecular weight is 371 g/mol. The molecule has 2 heterocycles. The Labute approximate surface area is 154 Å². The number of hydrogen-bond acceptors (Lipinski definition) is 7. The van der Waals surface area contributed by atoms with Crippen LogP contribution in [0.3, 0.4) is 0 Å². The van der Waals surface area contributed by atoms with Crippen LogP contribution in [-0.4, -0.2) is 27.1 Å². The molecule has 1 aromatic carbocycles. The number of aryl methyl sites for hydroxylation is 1. The summed E-state index contributed by atoms with van der Waals surface area (Å²) in [6, 6.07) is 8.55. The molecule has 3 aromatic rings. The number of thioether (sulfide) groups is 1. The Morgan fingerprint density at radius 3 is 2.73 bits per heavy atom. The smallest absolute Gasteiger partial charge is 0.277 e. The maximum Gasteiger partial charge on any atom is 0.277 e. The SMILES string of the molecule is CC(=O)c1cccc(NC(=O)[C@H](C)Sc2nnc(-c3ccoc3C)o2)c1. The zero-order valence-corrected chi connectivity index (χ0v) is 15.3. The quantitative estimate of drug-likeness (QED) is 0.517.